The molecule has 0 radical (unpaired) electrons. The molecule has 0 saturated carbocycles. The molecule has 0 spiro atoms. The van der Waals surface area contributed by atoms with Crippen molar-refractivity contribution in [1.82, 2.24) is 15.1 Å². The summed E-state index contributed by atoms with van der Waals surface area (Å²) in [6.45, 7) is 5.49. The molecular formula is C11H20N4. The zero-order valence-electron chi connectivity index (χ0n) is 9.61. The Morgan fingerprint density at radius 3 is 2.73 bits per heavy atom. The predicted molar refractivity (Wildman–Crippen MR) is 62.1 cm³/mol. The van der Waals surface area contributed by atoms with Crippen molar-refractivity contribution >= 4 is 5.82 Å². The third-order valence-electron chi connectivity index (χ3n) is 3.01. The number of anilines is 1. The minimum absolute atomic E-state index is 0.704. The van der Waals surface area contributed by atoms with E-state index in [1.165, 1.54) is 12.8 Å². The molecule has 84 valence electrons. The molecule has 1 aromatic heterocycles. The van der Waals surface area contributed by atoms with Gasteiger partial charge >= 0.3 is 0 Å². The van der Waals surface area contributed by atoms with Crippen molar-refractivity contribution in [1.29, 1.82) is 0 Å². The van der Waals surface area contributed by atoms with Gasteiger partial charge in [-0.25, -0.2) is 0 Å². The van der Waals surface area contributed by atoms with Crippen molar-refractivity contribution < 1.29 is 0 Å². The molecule has 2 heterocycles. The van der Waals surface area contributed by atoms with Gasteiger partial charge in [0.2, 0.25) is 0 Å². The van der Waals surface area contributed by atoms with E-state index in [0.29, 0.717) is 6.04 Å². The summed E-state index contributed by atoms with van der Waals surface area (Å²) in [5.74, 6) is 1.12. The van der Waals surface area contributed by atoms with Gasteiger partial charge in [-0.15, -0.1) is 0 Å². The van der Waals surface area contributed by atoms with E-state index in [4.69, 9.17) is 0 Å². The van der Waals surface area contributed by atoms with Gasteiger partial charge in [0.1, 0.15) is 0 Å². The number of nitrogens with one attached hydrogen (secondary N) is 1. The Kier molecular flexibility index (Phi) is 3.26. The average molecular weight is 208 g/mol. The maximum atomic E-state index is 4.43. The van der Waals surface area contributed by atoms with Gasteiger partial charge < -0.3 is 10.2 Å². The van der Waals surface area contributed by atoms with E-state index < -0.39 is 0 Å². The van der Waals surface area contributed by atoms with Crippen LogP contribution in [-0.2, 0) is 7.05 Å². The van der Waals surface area contributed by atoms with E-state index in [1.807, 2.05) is 17.9 Å². The fourth-order valence-electron chi connectivity index (χ4n) is 2.17. The van der Waals surface area contributed by atoms with E-state index in [1.54, 1.807) is 0 Å². The van der Waals surface area contributed by atoms with E-state index in [9.17, 15) is 0 Å². The second-order valence-electron chi connectivity index (χ2n) is 4.17. The topological polar surface area (TPSA) is 33.1 Å². The van der Waals surface area contributed by atoms with Crippen molar-refractivity contribution in [3.05, 3.63) is 12.3 Å². The van der Waals surface area contributed by atoms with Crippen LogP contribution in [0.15, 0.2) is 12.3 Å². The van der Waals surface area contributed by atoms with Gasteiger partial charge in [0.25, 0.3) is 0 Å². The van der Waals surface area contributed by atoms with Crippen LogP contribution < -0.4 is 10.2 Å². The Morgan fingerprint density at radius 2 is 2.20 bits per heavy atom. The molecule has 1 aromatic rings. The lowest BCUT2D eigenvalue weighted by atomic mass is 10.1. The normalized spacial score (nSPS) is 18.4. The van der Waals surface area contributed by atoms with Crippen molar-refractivity contribution in [2.75, 3.05) is 24.5 Å². The highest BCUT2D eigenvalue weighted by Gasteiger charge is 2.19. The number of hydrogen-bond donors (Lipinski definition) is 1. The first-order valence-corrected chi connectivity index (χ1v) is 5.77. The highest BCUT2D eigenvalue weighted by molar-refractivity contribution is 5.37. The Labute approximate surface area is 91.3 Å². The first-order chi connectivity index (χ1) is 7.29. The van der Waals surface area contributed by atoms with Crippen molar-refractivity contribution in [3.8, 4) is 0 Å². The molecule has 1 N–H and O–H groups in total. The summed E-state index contributed by atoms with van der Waals surface area (Å²) >= 11 is 0. The van der Waals surface area contributed by atoms with Crippen LogP contribution in [0.5, 0.6) is 0 Å². The van der Waals surface area contributed by atoms with Crippen LogP contribution in [0.2, 0.25) is 0 Å². The molecule has 0 unspecified atom stereocenters. The van der Waals surface area contributed by atoms with Crippen LogP contribution in [0.1, 0.15) is 19.8 Å². The summed E-state index contributed by atoms with van der Waals surface area (Å²) in [6, 6.07) is 2.79. The van der Waals surface area contributed by atoms with Crippen LogP contribution in [0.25, 0.3) is 0 Å². The third-order valence-corrected chi connectivity index (χ3v) is 3.01. The Morgan fingerprint density at radius 1 is 1.47 bits per heavy atom. The van der Waals surface area contributed by atoms with Gasteiger partial charge in [-0.1, -0.05) is 6.92 Å². The van der Waals surface area contributed by atoms with Gasteiger partial charge in [0, 0.05) is 38.4 Å². The van der Waals surface area contributed by atoms with Gasteiger partial charge in [0.05, 0.1) is 0 Å². The number of piperidine rings is 1. The molecule has 1 fully saturated rings. The number of hydrogen-bond acceptors (Lipinski definition) is 3. The second kappa shape index (κ2) is 4.66. The zero-order chi connectivity index (χ0) is 10.7. The van der Waals surface area contributed by atoms with Gasteiger partial charge in [-0.3, -0.25) is 4.68 Å². The molecule has 0 aliphatic carbocycles. The zero-order valence-corrected chi connectivity index (χ0v) is 9.61. The standard InChI is InChI=1S/C11H20N4/c1-3-12-10-4-8-15(9-5-10)11-6-7-14(2)13-11/h6-7,10,12H,3-5,8-9H2,1-2H3. The number of aromatic nitrogens is 2. The maximum absolute atomic E-state index is 4.43. The molecule has 4 nitrogen and oxygen atoms in total. The van der Waals surface area contributed by atoms with Gasteiger partial charge in [-0.05, 0) is 19.4 Å². The van der Waals surface area contributed by atoms with Gasteiger partial charge in [0.15, 0.2) is 5.82 Å². The minimum atomic E-state index is 0.704. The molecule has 1 aliphatic heterocycles. The summed E-state index contributed by atoms with van der Waals surface area (Å²) in [6.07, 6.45) is 4.46. The SMILES string of the molecule is CCNC1CCN(c2ccn(C)n2)CC1. The molecule has 0 bridgehead atoms. The predicted octanol–water partition coefficient (Wildman–Crippen LogP) is 0.998. The van der Waals surface area contributed by atoms with Crippen molar-refractivity contribution in [2.45, 2.75) is 25.8 Å². The van der Waals surface area contributed by atoms with Crippen molar-refractivity contribution in [3.63, 3.8) is 0 Å². The van der Waals surface area contributed by atoms with Gasteiger partial charge in [-0.2, -0.15) is 5.10 Å². The lowest BCUT2D eigenvalue weighted by Crippen LogP contribution is -2.42. The molecular weight excluding hydrogens is 188 g/mol. The number of nitrogens with zero attached hydrogens (tertiary/aromatic N) is 3. The monoisotopic (exact) mass is 208 g/mol. The van der Waals surface area contributed by atoms with E-state index in [2.05, 4.69) is 28.3 Å². The van der Waals surface area contributed by atoms with E-state index in [-0.39, 0.29) is 0 Å². The molecule has 1 aliphatic rings. The first kappa shape index (κ1) is 10.5. The fourth-order valence-corrected chi connectivity index (χ4v) is 2.17. The van der Waals surface area contributed by atoms with Crippen LogP contribution in [0.3, 0.4) is 0 Å². The number of rotatable bonds is 3. The lowest BCUT2D eigenvalue weighted by molar-refractivity contribution is 0.422. The molecule has 1 saturated heterocycles. The van der Waals surface area contributed by atoms with Crippen LogP contribution >= 0.6 is 0 Å². The van der Waals surface area contributed by atoms with Crippen molar-refractivity contribution in [2.24, 2.45) is 7.05 Å². The Hall–Kier alpha value is -1.03. The summed E-state index contributed by atoms with van der Waals surface area (Å²) in [5, 5.41) is 7.94. The largest absolute Gasteiger partial charge is 0.355 e. The van der Waals surface area contributed by atoms with E-state index in [0.717, 1.165) is 25.5 Å². The highest BCUT2D eigenvalue weighted by Crippen LogP contribution is 2.17. The Balaban J connectivity index is 1.88. The first-order valence-electron chi connectivity index (χ1n) is 5.77. The summed E-state index contributed by atoms with van der Waals surface area (Å²) < 4.78 is 1.87. The van der Waals surface area contributed by atoms with Crippen LogP contribution in [0, 0.1) is 0 Å². The number of aryl methyl sites for hydroxylation is 1. The molecule has 0 atom stereocenters. The molecule has 4 heteroatoms. The summed E-state index contributed by atoms with van der Waals surface area (Å²) in [7, 11) is 1.97. The van der Waals surface area contributed by atoms with E-state index >= 15 is 0 Å². The molecule has 2 rings (SSSR count). The highest BCUT2D eigenvalue weighted by atomic mass is 15.3. The molecule has 0 amide bonds. The average Bonchev–Trinajstić information content (AvgIpc) is 2.67. The van der Waals surface area contributed by atoms with Crippen LogP contribution in [-0.4, -0.2) is 35.5 Å². The maximum Gasteiger partial charge on any atom is 0.150 e. The summed E-state index contributed by atoms with van der Waals surface area (Å²) in [5.41, 5.74) is 0. The molecule has 0 aromatic carbocycles. The minimum Gasteiger partial charge on any atom is -0.355 e. The smallest absolute Gasteiger partial charge is 0.150 e. The lowest BCUT2D eigenvalue weighted by Gasteiger charge is -2.32. The quantitative estimate of drug-likeness (QED) is 0.804. The second-order valence-corrected chi connectivity index (χ2v) is 4.17. The Bertz CT molecular complexity index is 299. The fraction of sp³-hybridized carbons (Fsp3) is 0.727. The van der Waals surface area contributed by atoms with Crippen LogP contribution in [0.4, 0.5) is 5.82 Å². The third kappa shape index (κ3) is 2.50. The summed E-state index contributed by atoms with van der Waals surface area (Å²) in [4.78, 5) is 2.37. The molecule has 15 heavy (non-hydrogen) atoms.